The summed E-state index contributed by atoms with van der Waals surface area (Å²) in [5.74, 6) is 0. The zero-order valence-electron chi connectivity index (χ0n) is 13.4. The first-order valence-electron chi connectivity index (χ1n) is 7.21. The van der Waals surface area contributed by atoms with E-state index in [0.717, 1.165) is 19.3 Å². The Morgan fingerprint density at radius 2 is 1.50 bits per heavy atom. The van der Waals surface area contributed by atoms with Crippen LogP contribution in [-0.4, -0.2) is 34.5 Å². The van der Waals surface area contributed by atoms with Crippen molar-refractivity contribution in [3.05, 3.63) is 0 Å². The first-order valence-corrected chi connectivity index (χ1v) is 10.2. The highest BCUT2D eigenvalue weighted by Crippen LogP contribution is 2.34. The minimum absolute atomic E-state index is 0.486. The highest BCUT2D eigenvalue weighted by molar-refractivity contribution is 7.92. The Hall–Kier alpha value is -0.900. The van der Waals surface area contributed by atoms with E-state index in [1.807, 2.05) is 0 Å². The molecule has 128 valence electrons. The van der Waals surface area contributed by atoms with Crippen molar-refractivity contribution in [2.45, 2.75) is 63.5 Å². The molecular formula is C12H24N4O4S2. The molecule has 0 aromatic carbocycles. The fraction of sp³-hybridized carbons (Fsp3) is 1.00. The summed E-state index contributed by atoms with van der Waals surface area (Å²) in [6.07, 6.45) is 3.93. The van der Waals surface area contributed by atoms with Crippen LogP contribution in [0.15, 0.2) is 19.3 Å². The van der Waals surface area contributed by atoms with Crippen molar-refractivity contribution in [1.29, 1.82) is 0 Å². The van der Waals surface area contributed by atoms with Crippen LogP contribution in [0.3, 0.4) is 0 Å². The van der Waals surface area contributed by atoms with E-state index in [1.54, 1.807) is 20.8 Å². The third kappa shape index (κ3) is 5.08. The minimum Gasteiger partial charge on any atom is -0.226 e. The van der Waals surface area contributed by atoms with Crippen LogP contribution in [0.5, 0.6) is 0 Å². The smallest absolute Gasteiger partial charge is 0.226 e. The fourth-order valence-electron chi connectivity index (χ4n) is 2.53. The summed E-state index contributed by atoms with van der Waals surface area (Å²) < 4.78 is 54.6. The molecule has 8 nitrogen and oxygen atoms in total. The highest BCUT2D eigenvalue weighted by Gasteiger charge is 2.42. The summed E-state index contributed by atoms with van der Waals surface area (Å²) in [5, 5.41) is 5.06. The van der Waals surface area contributed by atoms with Crippen LogP contribution in [0.4, 0.5) is 0 Å². The second-order valence-corrected chi connectivity index (χ2v) is 10.0. The molecule has 1 saturated carbocycles. The minimum atomic E-state index is -4.23. The van der Waals surface area contributed by atoms with Crippen molar-refractivity contribution in [3.8, 4) is 0 Å². The lowest BCUT2D eigenvalue weighted by Gasteiger charge is -2.31. The monoisotopic (exact) mass is 352 g/mol. The normalized spacial score (nSPS) is 20.7. The molecule has 0 radical (unpaired) electrons. The molecule has 1 rings (SSSR count). The van der Waals surface area contributed by atoms with Gasteiger partial charge in [-0.2, -0.15) is 18.6 Å². The van der Waals surface area contributed by atoms with Gasteiger partial charge in [0, 0.05) is 5.41 Å². The fourth-order valence-corrected chi connectivity index (χ4v) is 5.56. The van der Waals surface area contributed by atoms with Gasteiger partial charge in [-0.3, -0.25) is 0 Å². The van der Waals surface area contributed by atoms with E-state index in [4.69, 9.17) is 0 Å². The van der Waals surface area contributed by atoms with Crippen molar-refractivity contribution in [1.82, 2.24) is 0 Å². The molecule has 0 aromatic rings. The number of hydrogen-bond donors (Lipinski definition) is 0. The maximum absolute atomic E-state index is 12.8. The molecule has 0 saturated heterocycles. The molecule has 22 heavy (non-hydrogen) atoms. The van der Waals surface area contributed by atoms with Crippen LogP contribution >= 0.6 is 0 Å². The molecule has 10 heteroatoms. The van der Waals surface area contributed by atoms with Crippen molar-refractivity contribution in [2.75, 3.05) is 7.05 Å². The Balaban J connectivity index is 3.16. The molecule has 1 fully saturated rings. The topological polar surface area (TPSA) is 118 Å². The van der Waals surface area contributed by atoms with E-state index >= 15 is 0 Å². The van der Waals surface area contributed by atoms with Crippen LogP contribution in [-0.2, 0) is 20.0 Å². The second-order valence-electron chi connectivity index (χ2n) is 6.49. The predicted molar refractivity (Wildman–Crippen MR) is 83.6 cm³/mol. The van der Waals surface area contributed by atoms with Crippen molar-refractivity contribution in [2.24, 2.45) is 24.7 Å². The molecule has 0 amide bonds. The molecule has 1 aliphatic rings. The zero-order chi connectivity index (χ0) is 17.0. The van der Waals surface area contributed by atoms with Gasteiger partial charge in [0.25, 0.3) is 0 Å². The van der Waals surface area contributed by atoms with Crippen molar-refractivity contribution >= 4 is 20.0 Å². The van der Waals surface area contributed by atoms with Crippen LogP contribution < -0.4 is 0 Å². The summed E-state index contributed by atoms with van der Waals surface area (Å²) in [4.78, 5) is 0. The molecule has 1 atom stereocenters. The Labute approximate surface area is 132 Å². The lowest BCUT2D eigenvalue weighted by molar-refractivity contribution is 0.368. The molecule has 0 heterocycles. The third-order valence-electron chi connectivity index (χ3n) is 3.51. The van der Waals surface area contributed by atoms with Crippen LogP contribution in [0.1, 0.15) is 52.9 Å². The number of hydrogen-bond acceptors (Lipinski definition) is 6. The SMILES string of the molecule is CN=NS(=O)(=O)N=NC(C(C)(C)C)S(=O)(=O)C1CCCCC1. The van der Waals surface area contributed by atoms with Gasteiger partial charge >= 0.3 is 10.2 Å². The van der Waals surface area contributed by atoms with Crippen LogP contribution in [0.25, 0.3) is 0 Å². The third-order valence-corrected chi connectivity index (χ3v) is 7.00. The van der Waals surface area contributed by atoms with Gasteiger partial charge in [-0.25, -0.2) is 8.42 Å². The summed E-state index contributed by atoms with van der Waals surface area (Å²) in [7, 11) is -6.65. The predicted octanol–water partition coefficient (Wildman–Crippen LogP) is 2.89. The van der Waals surface area contributed by atoms with Gasteiger partial charge in [-0.15, -0.1) is 0 Å². The van der Waals surface area contributed by atoms with Crippen LogP contribution in [0.2, 0.25) is 0 Å². The zero-order valence-corrected chi connectivity index (χ0v) is 15.1. The standard InChI is InChI=1S/C12H24N4O4S2/c1-12(2,3)11(14-16-22(19,20)15-13-4)21(17,18)10-8-6-5-7-9-10/h10-11H,5-9H2,1-4H3. The summed E-state index contributed by atoms with van der Waals surface area (Å²) >= 11 is 0. The molecule has 0 spiro atoms. The first kappa shape index (κ1) is 19.1. The Bertz CT molecular complexity index is 627. The molecule has 0 bridgehead atoms. The van der Waals surface area contributed by atoms with E-state index < -0.39 is 36.1 Å². The molecule has 1 aliphatic carbocycles. The summed E-state index contributed by atoms with van der Waals surface area (Å²) in [6.45, 7) is 5.10. The Morgan fingerprint density at radius 3 is 1.95 bits per heavy atom. The van der Waals surface area contributed by atoms with Crippen molar-refractivity contribution in [3.63, 3.8) is 0 Å². The molecule has 1 unspecified atom stereocenters. The molecule has 0 N–H and O–H groups in total. The van der Waals surface area contributed by atoms with E-state index in [2.05, 4.69) is 19.3 Å². The maximum atomic E-state index is 12.8. The van der Waals surface area contributed by atoms with Gasteiger partial charge in [-0.1, -0.05) is 40.0 Å². The average Bonchev–Trinajstić information content (AvgIpc) is 2.37. The Kier molecular flexibility index (Phi) is 6.19. The average molecular weight is 352 g/mol. The quantitative estimate of drug-likeness (QED) is 0.707. The van der Waals surface area contributed by atoms with Crippen LogP contribution in [0, 0.1) is 5.41 Å². The number of nitrogens with zero attached hydrogens (tertiary/aromatic N) is 4. The van der Waals surface area contributed by atoms with Gasteiger partial charge < -0.3 is 0 Å². The van der Waals surface area contributed by atoms with Gasteiger partial charge in [0.05, 0.1) is 12.3 Å². The highest BCUT2D eigenvalue weighted by atomic mass is 32.2. The molecule has 0 aliphatic heterocycles. The van der Waals surface area contributed by atoms with E-state index in [0.29, 0.717) is 12.8 Å². The molecular weight excluding hydrogens is 328 g/mol. The van der Waals surface area contributed by atoms with E-state index in [-0.39, 0.29) is 0 Å². The largest absolute Gasteiger partial charge is 0.397 e. The Morgan fingerprint density at radius 1 is 0.955 bits per heavy atom. The summed E-state index contributed by atoms with van der Waals surface area (Å²) in [6, 6.07) is 0. The van der Waals surface area contributed by atoms with E-state index in [9.17, 15) is 16.8 Å². The van der Waals surface area contributed by atoms with Gasteiger partial charge in [-0.05, 0) is 21.9 Å². The van der Waals surface area contributed by atoms with Gasteiger partial charge in [0.2, 0.25) is 0 Å². The summed E-state index contributed by atoms with van der Waals surface area (Å²) in [5.41, 5.74) is -0.765. The van der Waals surface area contributed by atoms with Gasteiger partial charge in [0.1, 0.15) is 0 Å². The van der Waals surface area contributed by atoms with Crippen molar-refractivity contribution < 1.29 is 16.8 Å². The first-order chi connectivity index (χ1) is 10.0. The number of rotatable bonds is 5. The maximum Gasteiger partial charge on any atom is 0.397 e. The van der Waals surface area contributed by atoms with E-state index in [1.165, 1.54) is 7.05 Å². The lowest BCUT2D eigenvalue weighted by Crippen LogP contribution is -2.40. The lowest BCUT2D eigenvalue weighted by atomic mass is 9.97. The molecule has 0 aromatic heterocycles. The number of sulfone groups is 1. The second kappa shape index (κ2) is 7.12. The van der Waals surface area contributed by atoms with Gasteiger partial charge in [0.15, 0.2) is 15.2 Å².